The first-order chi connectivity index (χ1) is 8.86. The van der Waals surface area contributed by atoms with Gasteiger partial charge < -0.3 is 19.2 Å². The van der Waals surface area contributed by atoms with Crippen molar-refractivity contribution in [3.05, 3.63) is 24.1 Å². The lowest BCUT2D eigenvalue weighted by Gasteiger charge is -2.09. The van der Waals surface area contributed by atoms with Crippen LogP contribution in [-0.2, 0) is 4.74 Å². The molecule has 18 heavy (non-hydrogen) atoms. The number of nitrogens with one attached hydrogen (secondary N) is 1. The van der Waals surface area contributed by atoms with Crippen molar-refractivity contribution in [3.63, 3.8) is 0 Å². The van der Waals surface area contributed by atoms with Crippen LogP contribution in [0, 0.1) is 0 Å². The lowest BCUT2D eigenvalue weighted by atomic mass is 10.2. The second-order valence-corrected chi connectivity index (χ2v) is 4.28. The number of nitrogens with zero attached hydrogens (tertiary/aromatic N) is 1. The standard InChI is InChI=1S/C13H16N2O3/c1-16-9-2-3-11-10(8-9)15-13(18-11)12-4-5-14-6-7-17-12/h2-3,8,12,14H,4-7H2,1H3. The van der Waals surface area contributed by atoms with E-state index in [1.807, 2.05) is 18.2 Å². The Labute approximate surface area is 105 Å². The number of hydrogen-bond acceptors (Lipinski definition) is 5. The highest BCUT2D eigenvalue weighted by atomic mass is 16.5. The van der Waals surface area contributed by atoms with E-state index in [9.17, 15) is 0 Å². The predicted octanol–water partition coefficient (Wildman–Crippen LogP) is 1.89. The fraction of sp³-hybridized carbons (Fsp3) is 0.462. The van der Waals surface area contributed by atoms with Crippen LogP contribution >= 0.6 is 0 Å². The van der Waals surface area contributed by atoms with Crippen molar-refractivity contribution in [1.29, 1.82) is 0 Å². The highest BCUT2D eigenvalue weighted by Gasteiger charge is 2.20. The van der Waals surface area contributed by atoms with Crippen molar-refractivity contribution in [2.75, 3.05) is 26.8 Å². The van der Waals surface area contributed by atoms with Gasteiger partial charge >= 0.3 is 0 Å². The molecular weight excluding hydrogens is 232 g/mol. The molecule has 1 aliphatic heterocycles. The lowest BCUT2D eigenvalue weighted by molar-refractivity contribution is 0.0459. The van der Waals surface area contributed by atoms with Gasteiger partial charge in [0, 0.05) is 12.6 Å². The van der Waals surface area contributed by atoms with Crippen LogP contribution in [0.15, 0.2) is 22.6 Å². The third kappa shape index (κ3) is 2.19. The van der Waals surface area contributed by atoms with Crippen LogP contribution in [0.4, 0.5) is 0 Å². The fourth-order valence-corrected chi connectivity index (χ4v) is 2.10. The van der Waals surface area contributed by atoms with Gasteiger partial charge in [0.05, 0.1) is 13.7 Å². The molecule has 0 bridgehead atoms. The summed E-state index contributed by atoms with van der Waals surface area (Å²) in [6.45, 7) is 2.49. The van der Waals surface area contributed by atoms with E-state index in [-0.39, 0.29) is 6.10 Å². The molecule has 1 N–H and O–H groups in total. The monoisotopic (exact) mass is 248 g/mol. The summed E-state index contributed by atoms with van der Waals surface area (Å²) in [4.78, 5) is 4.49. The van der Waals surface area contributed by atoms with Crippen molar-refractivity contribution in [2.24, 2.45) is 0 Å². The number of aromatic nitrogens is 1. The van der Waals surface area contributed by atoms with E-state index in [2.05, 4.69) is 10.3 Å². The molecular formula is C13H16N2O3. The molecule has 1 aromatic carbocycles. The average Bonchev–Trinajstić information content (AvgIpc) is 2.63. The largest absolute Gasteiger partial charge is 0.497 e. The second-order valence-electron chi connectivity index (χ2n) is 4.28. The van der Waals surface area contributed by atoms with Crippen LogP contribution in [0.3, 0.4) is 0 Å². The first-order valence-electron chi connectivity index (χ1n) is 6.13. The summed E-state index contributed by atoms with van der Waals surface area (Å²) in [7, 11) is 1.64. The predicted molar refractivity (Wildman–Crippen MR) is 66.7 cm³/mol. The summed E-state index contributed by atoms with van der Waals surface area (Å²) in [5.41, 5.74) is 1.58. The van der Waals surface area contributed by atoms with Gasteiger partial charge in [0.25, 0.3) is 0 Å². The van der Waals surface area contributed by atoms with Gasteiger partial charge in [-0.3, -0.25) is 0 Å². The van der Waals surface area contributed by atoms with E-state index < -0.39 is 0 Å². The first-order valence-corrected chi connectivity index (χ1v) is 6.13. The van der Waals surface area contributed by atoms with Gasteiger partial charge in [-0.1, -0.05) is 0 Å². The van der Waals surface area contributed by atoms with Gasteiger partial charge in [0.1, 0.15) is 17.4 Å². The minimum atomic E-state index is -0.0570. The van der Waals surface area contributed by atoms with Crippen molar-refractivity contribution in [3.8, 4) is 5.75 Å². The van der Waals surface area contributed by atoms with Crippen LogP contribution in [0.25, 0.3) is 11.1 Å². The van der Waals surface area contributed by atoms with Gasteiger partial charge in [-0.05, 0) is 25.1 Å². The van der Waals surface area contributed by atoms with Crippen LogP contribution < -0.4 is 10.1 Å². The highest BCUT2D eigenvalue weighted by Crippen LogP contribution is 2.27. The van der Waals surface area contributed by atoms with Crippen molar-refractivity contribution in [2.45, 2.75) is 12.5 Å². The maximum absolute atomic E-state index is 5.74. The zero-order chi connectivity index (χ0) is 12.4. The molecule has 0 amide bonds. The SMILES string of the molecule is COc1ccc2oc(C3CCNCCO3)nc2c1. The Morgan fingerprint density at radius 3 is 3.22 bits per heavy atom. The molecule has 5 heteroatoms. The van der Waals surface area contributed by atoms with E-state index in [0.29, 0.717) is 12.5 Å². The minimum absolute atomic E-state index is 0.0570. The molecule has 1 saturated heterocycles. The van der Waals surface area contributed by atoms with Crippen LogP contribution in [0.2, 0.25) is 0 Å². The number of ether oxygens (including phenoxy) is 2. The molecule has 1 fully saturated rings. The molecule has 2 heterocycles. The lowest BCUT2D eigenvalue weighted by Crippen LogP contribution is -2.16. The molecule has 2 aromatic rings. The molecule has 3 rings (SSSR count). The Bertz CT molecular complexity index is 530. The molecule has 1 aliphatic rings. The number of oxazole rings is 1. The number of fused-ring (bicyclic) bond motifs is 1. The molecule has 1 atom stereocenters. The first kappa shape index (κ1) is 11.5. The van der Waals surface area contributed by atoms with Crippen LogP contribution in [0.5, 0.6) is 5.75 Å². The van der Waals surface area contributed by atoms with E-state index in [1.165, 1.54) is 0 Å². The van der Waals surface area contributed by atoms with E-state index >= 15 is 0 Å². The summed E-state index contributed by atoms with van der Waals surface area (Å²) in [5, 5.41) is 3.28. The quantitative estimate of drug-likeness (QED) is 0.879. The minimum Gasteiger partial charge on any atom is -0.497 e. The van der Waals surface area contributed by atoms with Gasteiger partial charge in [-0.25, -0.2) is 4.98 Å². The van der Waals surface area contributed by atoms with Gasteiger partial charge in [0.2, 0.25) is 5.89 Å². The van der Waals surface area contributed by atoms with E-state index in [0.717, 1.165) is 36.4 Å². The maximum Gasteiger partial charge on any atom is 0.224 e. The maximum atomic E-state index is 5.74. The normalized spacial score (nSPS) is 20.8. The number of hydrogen-bond donors (Lipinski definition) is 1. The molecule has 0 saturated carbocycles. The third-order valence-corrected chi connectivity index (χ3v) is 3.07. The molecule has 96 valence electrons. The zero-order valence-electron chi connectivity index (χ0n) is 10.3. The zero-order valence-corrected chi connectivity index (χ0v) is 10.3. The topological polar surface area (TPSA) is 56.5 Å². The third-order valence-electron chi connectivity index (χ3n) is 3.07. The Morgan fingerprint density at radius 2 is 2.33 bits per heavy atom. The van der Waals surface area contributed by atoms with Crippen molar-refractivity contribution in [1.82, 2.24) is 10.3 Å². The molecule has 0 radical (unpaired) electrons. The van der Waals surface area contributed by atoms with E-state index in [1.54, 1.807) is 7.11 Å². The summed E-state index contributed by atoms with van der Waals surface area (Å²) in [5.74, 6) is 1.44. The van der Waals surface area contributed by atoms with Crippen LogP contribution in [0.1, 0.15) is 18.4 Å². The Balaban J connectivity index is 1.91. The number of benzene rings is 1. The van der Waals surface area contributed by atoms with Crippen molar-refractivity contribution >= 4 is 11.1 Å². The summed E-state index contributed by atoms with van der Waals surface area (Å²) in [6, 6.07) is 5.61. The molecule has 5 nitrogen and oxygen atoms in total. The van der Waals surface area contributed by atoms with Gasteiger partial charge in [-0.2, -0.15) is 0 Å². The molecule has 1 aromatic heterocycles. The Kier molecular flexibility index (Phi) is 3.17. The smallest absolute Gasteiger partial charge is 0.224 e. The number of methoxy groups -OCH3 is 1. The number of rotatable bonds is 2. The molecule has 0 aliphatic carbocycles. The average molecular weight is 248 g/mol. The molecule has 0 spiro atoms. The van der Waals surface area contributed by atoms with Gasteiger partial charge in [-0.15, -0.1) is 0 Å². The molecule has 1 unspecified atom stereocenters. The van der Waals surface area contributed by atoms with Crippen LogP contribution in [-0.4, -0.2) is 31.8 Å². The summed E-state index contributed by atoms with van der Waals surface area (Å²) >= 11 is 0. The van der Waals surface area contributed by atoms with E-state index in [4.69, 9.17) is 13.9 Å². The fourth-order valence-electron chi connectivity index (χ4n) is 2.10. The Hall–Kier alpha value is -1.59. The van der Waals surface area contributed by atoms with Gasteiger partial charge in [0.15, 0.2) is 5.58 Å². The summed E-state index contributed by atoms with van der Waals surface area (Å²) < 4.78 is 16.6. The summed E-state index contributed by atoms with van der Waals surface area (Å²) in [6.07, 6.45) is 0.822. The second kappa shape index (κ2) is 4.96. The Morgan fingerprint density at radius 1 is 1.39 bits per heavy atom. The highest BCUT2D eigenvalue weighted by molar-refractivity contribution is 5.74. The van der Waals surface area contributed by atoms with Crippen molar-refractivity contribution < 1.29 is 13.9 Å².